The lowest BCUT2D eigenvalue weighted by Gasteiger charge is -2.14. The minimum Gasteiger partial charge on any atom is -0.497 e. The Morgan fingerprint density at radius 2 is 1.87 bits per heavy atom. The van der Waals surface area contributed by atoms with Crippen LogP contribution < -0.4 is 9.47 Å². The first kappa shape index (κ1) is 15.3. The molecule has 0 saturated heterocycles. The number of hydrogen-bond donors (Lipinski definition) is 0. The number of hydrogen-bond acceptors (Lipinski definition) is 3. The summed E-state index contributed by atoms with van der Waals surface area (Å²) >= 11 is 0. The number of fused-ring (bicyclic) bond motifs is 2. The van der Waals surface area contributed by atoms with Gasteiger partial charge in [-0.1, -0.05) is 17.7 Å². The van der Waals surface area contributed by atoms with E-state index in [2.05, 4.69) is 0 Å². The molecule has 1 heterocycles. The predicted octanol–water partition coefficient (Wildman–Crippen LogP) is 4.95. The number of benzene rings is 2. The standard InChI is InChI=1S/C20H20O3/c1-14-6-5-7-15-13-16(22-2)10-11-19(15)23-20-9-4-3-8-17(20)18(21)12-14/h3-4,8-13H,5-7H2,1-2H3/b14-12-. The minimum atomic E-state index is -0.00457. The van der Waals surface area contributed by atoms with Crippen LogP contribution in [-0.4, -0.2) is 12.9 Å². The smallest absolute Gasteiger partial charge is 0.189 e. The number of carbonyl (C=O) groups is 1. The number of rotatable bonds is 1. The molecule has 0 saturated carbocycles. The Morgan fingerprint density at radius 1 is 1.04 bits per heavy atom. The molecule has 0 unspecified atom stereocenters. The van der Waals surface area contributed by atoms with Crippen LogP contribution in [0.1, 0.15) is 35.7 Å². The van der Waals surface area contributed by atoms with Gasteiger partial charge in [-0.25, -0.2) is 0 Å². The fourth-order valence-electron chi connectivity index (χ4n) is 2.79. The maximum absolute atomic E-state index is 12.5. The first-order chi connectivity index (χ1) is 11.2. The molecule has 0 spiro atoms. The molecule has 23 heavy (non-hydrogen) atoms. The number of carbonyl (C=O) groups excluding carboxylic acids is 1. The molecule has 3 rings (SSSR count). The Balaban J connectivity index is 2.09. The molecule has 3 heteroatoms. The summed E-state index contributed by atoms with van der Waals surface area (Å²) < 4.78 is 11.4. The Bertz CT molecular complexity index is 759. The van der Waals surface area contributed by atoms with Crippen LogP contribution in [0.4, 0.5) is 0 Å². The second-order valence-electron chi connectivity index (χ2n) is 5.78. The molecule has 0 aliphatic carbocycles. The second kappa shape index (κ2) is 6.69. The number of aryl methyl sites for hydroxylation is 1. The van der Waals surface area contributed by atoms with Crippen molar-refractivity contribution >= 4 is 5.78 Å². The van der Waals surface area contributed by atoms with E-state index in [9.17, 15) is 4.79 Å². The monoisotopic (exact) mass is 308 g/mol. The summed E-state index contributed by atoms with van der Waals surface area (Å²) in [4.78, 5) is 12.5. The molecule has 0 N–H and O–H groups in total. The summed E-state index contributed by atoms with van der Waals surface area (Å²) in [6.45, 7) is 2.01. The number of allylic oxidation sites excluding steroid dienone is 2. The van der Waals surface area contributed by atoms with Crippen molar-refractivity contribution in [3.8, 4) is 17.2 Å². The summed E-state index contributed by atoms with van der Waals surface area (Å²) in [5, 5.41) is 0. The van der Waals surface area contributed by atoms with Crippen molar-refractivity contribution < 1.29 is 14.3 Å². The molecule has 1 aliphatic heterocycles. The Kier molecular flexibility index (Phi) is 4.47. The molecular weight excluding hydrogens is 288 g/mol. The maximum atomic E-state index is 12.5. The van der Waals surface area contributed by atoms with Gasteiger partial charge in [-0.2, -0.15) is 0 Å². The Morgan fingerprint density at radius 3 is 2.70 bits per heavy atom. The van der Waals surface area contributed by atoms with Crippen LogP contribution in [0.2, 0.25) is 0 Å². The van der Waals surface area contributed by atoms with E-state index in [4.69, 9.17) is 9.47 Å². The number of ketones is 1. The van der Waals surface area contributed by atoms with Crippen LogP contribution in [0.15, 0.2) is 54.1 Å². The fourth-order valence-corrected chi connectivity index (χ4v) is 2.79. The lowest BCUT2D eigenvalue weighted by atomic mass is 10.0. The van der Waals surface area contributed by atoms with Crippen LogP contribution in [-0.2, 0) is 6.42 Å². The van der Waals surface area contributed by atoms with Gasteiger partial charge in [-0.05, 0) is 68.2 Å². The molecule has 3 nitrogen and oxygen atoms in total. The van der Waals surface area contributed by atoms with E-state index in [1.54, 1.807) is 13.2 Å². The number of methoxy groups -OCH3 is 1. The molecule has 0 aromatic heterocycles. The average molecular weight is 308 g/mol. The molecule has 0 amide bonds. The van der Waals surface area contributed by atoms with Gasteiger partial charge in [-0.3, -0.25) is 4.79 Å². The van der Waals surface area contributed by atoms with Gasteiger partial charge < -0.3 is 9.47 Å². The SMILES string of the molecule is COc1ccc2c(c1)CCC/C(C)=C\C(=O)c1ccccc1O2. The van der Waals surface area contributed by atoms with Crippen LogP contribution in [0, 0.1) is 0 Å². The average Bonchev–Trinajstić information content (AvgIpc) is 2.58. The van der Waals surface area contributed by atoms with E-state index in [1.807, 2.05) is 49.4 Å². The van der Waals surface area contributed by atoms with E-state index in [0.29, 0.717) is 11.3 Å². The van der Waals surface area contributed by atoms with Gasteiger partial charge in [0.2, 0.25) is 0 Å². The summed E-state index contributed by atoms with van der Waals surface area (Å²) in [5.74, 6) is 2.19. The largest absolute Gasteiger partial charge is 0.497 e. The van der Waals surface area contributed by atoms with E-state index in [0.717, 1.165) is 41.9 Å². The van der Waals surface area contributed by atoms with Gasteiger partial charge >= 0.3 is 0 Å². The lowest BCUT2D eigenvalue weighted by molar-refractivity contribution is 0.104. The predicted molar refractivity (Wildman–Crippen MR) is 90.5 cm³/mol. The van der Waals surface area contributed by atoms with Gasteiger partial charge in [0, 0.05) is 0 Å². The summed E-state index contributed by atoms with van der Waals surface area (Å²) in [6, 6.07) is 13.2. The number of para-hydroxylation sites is 1. The van der Waals surface area contributed by atoms with Gasteiger partial charge in [0.05, 0.1) is 12.7 Å². The quantitative estimate of drug-likeness (QED) is 0.747. The normalized spacial score (nSPS) is 17.0. The van der Waals surface area contributed by atoms with E-state index >= 15 is 0 Å². The van der Waals surface area contributed by atoms with Crippen LogP contribution in [0.5, 0.6) is 17.2 Å². The molecule has 0 fully saturated rings. The Labute approximate surface area is 136 Å². The van der Waals surface area contributed by atoms with Gasteiger partial charge in [0.1, 0.15) is 17.2 Å². The summed E-state index contributed by atoms with van der Waals surface area (Å²) in [6.07, 6.45) is 4.47. The third-order valence-corrected chi connectivity index (χ3v) is 4.03. The summed E-state index contributed by atoms with van der Waals surface area (Å²) in [5.41, 5.74) is 2.79. The third kappa shape index (κ3) is 3.45. The molecule has 0 radical (unpaired) electrons. The molecule has 2 aromatic rings. The first-order valence-corrected chi connectivity index (χ1v) is 7.82. The van der Waals surface area contributed by atoms with Crippen molar-refractivity contribution in [2.45, 2.75) is 26.2 Å². The highest BCUT2D eigenvalue weighted by molar-refractivity contribution is 6.06. The van der Waals surface area contributed by atoms with Crippen molar-refractivity contribution in [1.82, 2.24) is 0 Å². The van der Waals surface area contributed by atoms with Crippen molar-refractivity contribution in [3.05, 3.63) is 65.2 Å². The molecule has 118 valence electrons. The van der Waals surface area contributed by atoms with Crippen molar-refractivity contribution in [2.24, 2.45) is 0 Å². The van der Waals surface area contributed by atoms with E-state index in [1.165, 1.54) is 0 Å². The molecule has 1 aliphatic rings. The van der Waals surface area contributed by atoms with Crippen LogP contribution in [0.3, 0.4) is 0 Å². The zero-order valence-corrected chi connectivity index (χ0v) is 13.5. The lowest BCUT2D eigenvalue weighted by Crippen LogP contribution is -2.00. The first-order valence-electron chi connectivity index (χ1n) is 7.82. The van der Waals surface area contributed by atoms with Crippen molar-refractivity contribution in [3.63, 3.8) is 0 Å². The highest BCUT2D eigenvalue weighted by atomic mass is 16.5. The Hall–Kier alpha value is -2.55. The molecular formula is C20H20O3. The van der Waals surface area contributed by atoms with Gasteiger partial charge in [0.25, 0.3) is 0 Å². The fraction of sp³-hybridized carbons (Fsp3) is 0.250. The van der Waals surface area contributed by atoms with E-state index < -0.39 is 0 Å². The highest BCUT2D eigenvalue weighted by Gasteiger charge is 2.15. The van der Waals surface area contributed by atoms with E-state index in [-0.39, 0.29) is 5.78 Å². The highest BCUT2D eigenvalue weighted by Crippen LogP contribution is 2.33. The van der Waals surface area contributed by atoms with Gasteiger partial charge in [0.15, 0.2) is 5.78 Å². The van der Waals surface area contributed by atoms with Crippen molar-refractivity contribution in [1.29, 1.82) is 0 Å². The topological polar surface area (TPSA) is 35.5 Å². The third-order valence-electron chi connectivity index (χ3n) is 4.03. The second-order valence-corrected chi connectivity index (χ2v) is 5.78. The van der Waals surface area contributed by atoms with Crippen molar-refractivity contribution in [2.75, 3.05) is 7.11 Å². The van der Waals surface area contributed by atoms with Gasteiger partial charge in [-0.15, -0.1) is 0 Å². The number of ether oxygens (including phenoxy) is 2. The van der Waals surface area contributed by atoms with Crippen LogP contribution >= 0.6 is 0 Å². The summed E-state index contributed by atoms with van der Waals surface area (Å²) in [7, 11) is 1.66. The zero-order valence-electron chi connectivity index (χ0n) is 13.5. The maximum Gasteiger partial charge on any atom is 0.189 e. The molecule has 0 bridgehead atoms. The zero-order chi connectivity index (χ0) is 16.2. The molecule has 0 atom stereocenters. The van der Waals surface area contributed by atoms with Crippen LogP contribution in [0.25, 0.3) is 0 Å². The molecule has 2 aromatic carbocycles. The minimum absolute atomic E-state index is 0.00457.